The maximum Gasteiger partial charge on any atom is 0.236 e. The molecule has 0 saturated heterocycles. The van der Waals surface area contributed by atoms with Crippen molar-refractivity contribution < 1.29 is 4.52 Å². The molecule has 1 aromatic heterocycles. The van der Waals surface area contributed by atoms with Gasteiger partial charge in [0, 0.05) is 4.90 Å². The number of benzene rings is 1. The monoisotopic (exact) mass is 234 g/mol. The van der Waals surface area contributed by atoms with Gasteiger partial charge in [-0.05, 0) is 44.0 Å². The molecule has 84 valence electrons. The third kappa shape index (κ3) is 2.64. The van der Waals surface area contributed by atoms with Gasteiger partial charge in [0.15, 0.2) is 5.82 Å². The first-order chi connectivity index (χ1) is 7.65. The minimum atomic E-state index is 0.681. The fourth-order valence-electron chi connectivity index (χ4n) is 1.35. The molecule has 2 rings (SSSR count). The van der Waals surface area contributed by atoms with E-state index >= 15 is 0 Å². The first kappa shape index (κ1) is 11.2. The Kier molecular flexibility index (Phi) is 3.29. The van der Waals surface area contributed by atoms with Crippen molar-refractivity contribution in [2.24, 2.45) is 0 Å². The van der Waals surface area contributed by atoms with Gasteiger partial charge < -0.3 is 4.52 Å². The predicted octanol–water partition coefficient (Wildman–Crippen LogP) is 3.29. The van der Waals surface area contributed by atoms with E-state index in [0.717, 1.165) is 5.75 Å². The van der Waals surface area contributed by atoms with Crippen molar-refractivity contribution in [2.75, 3.05) is 0 Å². The van der Waals surface area contributed by atoms with Gasteiger partial charge in [0.25, 0.3) is 0 Å². The summed E-state index contributed by atoms with van der Waals surface area (Å²) < 4.78 is 5.06. The molecule has 0 unspecified atom stereocenters. The summed E-state index contributed by atoms with van der Waals surface area (Å²) >= 11 is 1.71. The van der Waals surface area contributed by atoms with E-state index in [1.807, 2.05) is 6.92 Å². The Morgan fingerprint density at radius 1 is 1.19 bits per heavy atom. The van der Waals surface area contributed by atoms with E-state index in [4.69, 9.17) is 4.52 Å². The van der Waals surface area contributed by atoms with E-state index in [0.29, 0.717) is 11.7 Å². The molecule has 0 amide bonds. The van der Waals surface area contributed by atoms with Gasteiger partial charge in [-0.25, -0.2) is 0 Å². The number of thioether (sulfide) groups is 1. The SMILES string of the molecule is Cc1noc(CSc2ccc(C)c(C)c2)n1. The number of nitrogens with zero attached hydrogens (tertiary/aromatic N) is 2. The molecule has 0 spiro atoms. The zero-order valence-corrected chi connectivity index (χ0v) is 10.5. The third-order valence-electron chi connectivity index (χ3n) is 2.41. The Labute approximate surface area is 99.3 Å². The first-order valence-corrected chi connectivity index (χ1v) is 6.13. The van der Waals surface area contributed by atoms with E-state index in [2.05, 4.69) is 42.2 Å². The van der Waals surface area contributed by atoms with Gasteiger partial charge in [-0.3, -0.25) is 0 Å². The van der Waals surface area contributed by atoms with E-state index in [-0.39, 0.29) is 0 Å². The summed E-state index contributed by atoms with van der Waals surface area (Å²) in [6.45, 7) is 6.06. The van der Waals surface area contributed by atoms with Crippen LogP contribution in [0.15, 0.2) is 27.6 Å². The molecular formula is C12H14N2OS. The maximum absolute atomic E-state index is 5.06. The van der Waals surface area contributed by atoms with Crippen molar-refractivity contribution in [3.05, 3.63) is 41.0 Å². The predicted molar refractivity (Wildman–Crippen MR) is 64.5 cm³/mol. The number of aromatic nitrogens is 2. The highest BCUT2D eigenvalue weighted by atomic mass is 32.2. The lowest BCUT2D eigenvalue weighted by Crippen LogP contribution is -1.84. The number of aryl methyl sites for hydroxylation is 3. The average molecular weight is 234 g/mol. The number of hydrogen-bond donors (Lipinski definition) is 0. The van der Waals surface area contributed by atoms with E-state index in [1.54, 1.807) is 11.8 Å². The molecule has 0 bridgehead atoms. The Hall–Kier alpha value is -1.29. The first-order valence-electron chi connectivity index (χ1n) is 5.14. The Bertz CT molecular complexity index is 494. The van der Waals surface area contributed by atoms with Crippen LogP contribution >= 0.6 is 11.8 Å². The van der Waals surface area contributed by atoms with Crippen LogP contribution in [0.25, 0.3) is 0 Å². The summed E-state index contributed by atoms with van der Waals surface area (Å²) in [5, 5.41) is 3.76. The molecule has 0 saturated carbocycles. The Morgan fingerprint density at radius 2 is 2.00 bits per heavy atom. The summed E-state index contributed by atoms with van der Waals surface area (Å²) in [5.41, 5.74) is 2.63. The van der Waals surface area contributed by atoms with Gasteiger partial charge in [0.2, 0.25) is 5.89 Å². The van der Waals surface area contributed by atoms with Crippen LogP contribution in [0.4, 0.5) is 0 Å². The topological polar surface area (TPSA) is 38.9 Å². The molecule has 0 fully saturated rings. The lowest BCUT2D eigenvalue weighted by atomic mass is 10.1. The fourth-order valence-corrected chi connectivity index (χ4v) is 2.18. The highest BCUT2D eigenvalue weighted by Crippen LogP contribution is 2.24. The average Bonchev–Trinajstić information content (AvgIpc) is 2.66. The summed E-state index contributed by atoms with van der Waals surface area (Å²) in [6, 6.07) is 6.44. The summed E-state index contributed by atoms with van der Waals surface area (Å²) in [5.74, 6) is 2.10. The molecule has 1 heterocycles. The van der Waals surface area contributed by atoms with Gasteiger partial charge >= 0.3 is 0 Å². The molecule has 0 N–H and O–H groups in total. The van der Waals surface area contributed by atoms with Crippen LogP contribution in [0.2, 0.25) is 0 Å². The van der Waals surface area contributed by atoms with Crippen molar-refractivity contribution in [1.82, 2.24) is 10.1 Å². The molecule has 0 radical (unpaired) electrons. The van der Waals surface area contributed by atoms with Crippen molar-refractivity contribution >= 4 is 11.8 Å². The van der Waals surface area contributed by atoms with Crippen LogP contribution in [-0.4, -0.2) is 10.1 Å². The molecular weight excluding hydrogens is 220 g/mol. The van der Waals surface area contributed by atoms with Gasteiger partial charge in [-0.2, -0.15) is 4.98 Å². The van der Waals surface area contributed by atoms with Crippen molar-refractivity contribution in [3.8, 4) is 0 Å². The zero-order valence-electron chi connectivity index (χ0n) is 9.65. The molecule has 0 aliphatic heterocycles. The Morgan fingerprint density at radius 3 is 2.62 bits per heavy atom. The lowest BCUT2D eigenvalue weighted by Gasteiger charge is -2.03. The summed E-state index contributed by atoms with van der Waals surface area (Å²) in [4.78, 5) is 5.40. The summed E-state index contributed by atoms with van der Waals surface area (Å²) in [7, 11) is 0. The van der Waals surface area contributed by atoms with Crippen LogP contribution in [-0.2, 0) is 5.75 Å². The largest absolute Gasteiger partial charge is 0.338 e. The molecule has 3 nitrogen and oxygen atoms in total. The van der Waals surface area contributed by atoms with Gasteiger partial charge in [0.05, 0.1) is 5.75 Å². The summed E-state index contributed by atoms with van der Waals surface area (Å²) in [6.07, 6.45) is 0. The van der Waals surface area contributed by atoms with Gasteiger partial charge in [-0.1, -0.05) is 11.2 Å². The number of hydrogen-bond acceptors (Lipinski definition) is 4. The maximum atomic E-state index is 5.06. The molecule has 0 aliphatic rings. The molecule has 1 aromatic carbocycles. The minimum Gasteiger partial charge on any atom is -0.338 e. The zero-order chi connectivity index (χ0) is 11.5. The Balaban J connectivity index is 2.02. The number of rotatable bonds is 3. The van der Waals surface area contributed by atoms with E-state index in [1.165, 1.54) is 16.0 Å². The highest BCUT2D eigenvalue weighted by molar-refractivity contribution is 7.98. The molecule has 16 heavy (non-hydrogen) atoms. The molecule has 2 aromatic rings. The van der Waals surface area contributed by atoms with Crippen molar-refractivity contribution in [2.45, 2.75) is 31.4 Å². The second-order valence-corrected chi connectivity index (χ2v) is 4.82. The van der Waals surface area contributed by atoms with Crippen molar-refractivity contribution in [1.29, 1.82) is 0 Å². The minimum absolute atomic E-state index is 0.681. The van der Waals surface area contributed by atoms with Gasteiger partial charge in [0.1, 0.15) is 0 Å². The highest BCUT2D eigenvalue weighted by Gasteiger charge is 2.04. The quantitative estimate of drug-likeness (QED) is 0.764. The molecule has 4 heteroatoms. The van der Waals surface area contributed by atoms with Crippen LogP contribution in [0.1, 0.15) is 22.8 Å². The molecule has 0 aliphatic carbocycles. The normalized spacial score (nSPS) is 10.7. The smallest absolute Gasteiger partial charge is 0.236 e. The van der Waals surface area contributed by atoms with Crippen molar-refractivity contribution in [3.63, 3.8) is 0 Å². The second-order valence-electron chi connectivity index (χ2n) is 3.77. The second kappa shape index (κ2) is 4.70. The lowest BCUT2D eigenvalue weighted by molar-refractivity contribution is 0.387. The molecule has 0 atom stereocenters. The van der Waals surface area contributed by atoms with Crippen LogP contribution in [0, 0.1) is 20.8 Å². The van der Waals surface area contributed by atoms with Crippen LogP contribution in [0.3, 0.4) is 0 Å². The fraction of sp³-hybridized carbons (Fsp3) is 0.333. The van der Waals surface area contributed by atoms with Gasteiger partial charge in [-0.15, -0.1) is 11.8 Å². The third-order valence-corrected chi connectivity index (χ3v) is 3.39. The standard InChI is InChI=1S/C12H14N2OS/c1-8-4-5-11(6-9(8)2)16-7-12-13-10(3)14-15-12/h4-6H,7H2,1-3H3. The van der Waals surface area contributed by atoms with Crippen LogP contribution < -0.4 is 0 Å². The van der Waals surface area contributed by atoms with E-state index < -0.39 is 0 Å². The van der Waals surface area contributed by atoms with Crippen LogP contribution in [0.5, 0.6) is 0 Å². The van der Waals surface area contributed by atoms with E-state index in [9.17, 15) is 0 Å².